The number of non-ortho nitro benzene ring substituents is 1. The van der Waals surface area contributed by atoms with Gasteiger partial charge >= 0.3 is 0 Å². The number of halogens is 2. The van der Waals surface area contributed by atoms with Crippen molar-refractivity contribution in [3.8, 4) is 5.75 Å². The monoisotopic (exact) mass is 451 g/mol. The first-order valence-corrected chi connectivity index (χ1v) is 9.40. The third-order valence-corrected chi connectivity index (χ3v) is 4.73. The van der Waals surface area contributed by atoms with Crippen LogP contribution in [0.2, 0.25) is 10.0 Å². The summed E-state index contributed by atoms with van der Waals surface area (Å²) in [4.78, 5) is 10.4. The van der Waals surface area contributed by atoms with E-state index in [1.807, 2.05) is 18.2 Å². The summed E-state index contributed by atoms with van der Waals surface area (Å²) in [5.41, 5.74) is 1.27. The quantitative estimate of drug-likeness (QED) is 0.310. The van der Waals surface area contributed by atoms with Gasteiger partial charge in [-0.05, 0) is 29.9 Å². The topological polar surface area (TPSA) is 94.2 Å². The second-order valence-corrected chi connectivity index (χ2v) is 7.06. The zero-order valence-corrected chi connectivity index (χ0v) is 17.4. The van der Waals surface area contributed by atoms with Crippen molar-refractivity contribution in [1.82, 2.24) is 9.78 Å². The number of rotatable bonds is 6. The van der Waals surface area contributed by atoms with Crippen molar-refractivity contribution in [1.29, 1.82) is 0 Å². The Bertz CT molecular complexity index is 1070. The molecular weight excluding hydrogens is 437 g/mol. The zero-order valence-electron chi connectivity index (χ0n) is 15.1. The van der Waals surface area contributed by atoms with Gasteiger partial charge in [-0.3, -0.25) is 14.8 Å². The number of nitro benzene ring substituents is 1. The second-order valence-electron chi connectivity index (χ2n) is 5.84. The van der Waals surface area contributed by atoms with Crippen LogP contribution in [0.25, 0.3) is 0 Å². The minimum atomic E-state index is -0.506. The van der Waals surface area contributed by atoms with Gasteiger partial charge in [-0.1, -0.05) is 41.4 Å². The fraction of sp³-hybridized carbons (Fsp3) is 0.111. The predicted molar refractivity (Wildman–Crippen MR) is 117 cm³/mol. The van der Waals surface area contributed by atoms with Crippen LogP contribution < -0.4 is 15.4 Å². The number of nitrogens with one attached hydrogen (secondary N) is 2. The van der Waals surface area contributed by atoms with Crippen LogP contribution in [-0.2, 0) is 6.54 Å². The highest BCUT2D eigenvalue weighted by atomic mass is 35.5. The Labute approximate surface area is 181 Å². The van der Waals surface area contributed by atoms with Gasteiger partial charge in [0.15, 0.2) is 10.9 Å². The minimum Gasteiger partial charge on any atom is -0.494 e. The van der Waals surface area contributed by atoms with Crippen LogP contribution in [0, 0.1) is 10.1 Å². The summed E-state index contributed by atoms with van der Waals surface area (Å²) < 4.78 is 6.82. The third-order valence-electron chi connectivity index (χ3n) is 3.88. The number of nitro groups is 1. The molecule has 0 aliphatic carbocycles. The molecule has 3 aromatic rings. The lowest BCUT2D eigenvalue weighted by molar-refractivity contribution is -0.384. The Kier molecular flexibility index (Phi) is 6.53. The normalized spacial score (nSPS) is 10.4. The van der Waals surface area contributed by atoms with Crippen LogP contribution in [0.15, 0.2) is 48.7 Å². The molecule has 2 aromatic carbocycles. The molecule has 0 saturated heterocycles. The largest absolute Gasteiger partial charge is 0.494 e. The fourth-order valence-electron chi connectivity index (χ4n) is 2.52. The minimum absolute atomic E-state index is 0.0902. The molecule has 1 heterocycles. The number of anilines is 2. The van der Waals surface area contributed by atoms with E-state index in [0.29, 0.717) is 28.1 Å². The lowest BCUT2D eigenvalue weighted by Crippen LogP contribution is -2.20. The molecule has 1 aromatic heterocycles. The van der Waals surface area contributed by atoms with Gasteiger partial charge in [-0.2, -0.15) is 5.10 Å². The summed E-state index contributed by atoms with van der Waals surface area (Å²) in [5, 5.41) is 22.3. The highest BCUT2D eigenvalue weighted by Gasteiger charge is 2.14. The standard InChI is InChI=1S/C18H15Cl2N5O3S/c1-28-16-8-12(25(26)27)6-7-15(16)21-18(29)22-17-14(20)10-24(23-17)9-11-4-2-3-5-13(11)19/h2-8,10H,9H2,1H3,(H2,21,22,23,29). The Hall–Kier alpha value is -2.88. The lowest BCUT2D eigenvalue weighted by Gasteiger charge is -2.12. The Morgan fingerprint density at radius 2 is 2.00 bits per heavy atom. The van der Waals surface area contributed by atoms with Crippen molar-refractivity contribution in [3.05, 3.63) is 74.4 Å². The van der Waals surface area contributed by atoms with E-state index in [1.165, 1.54) is 25.3 Å². The number of ether oxygens (including phenoxy) is 1. The summed E-state index contributed by atoms with van der Waals surface area (Å²) in [7, 11) is 1.41. The molecule has 0 atom stereocenters. The van der Waals surface area contributed by atoms with Crippen LogP contribution in [0.4, 0.5) is 17.2 Å². The number of aromatic nitrogens is 2. The van der Waals surface area contributed by atoms with E-state index in [0.717, 1.165) is 5.56 Å². The van der Waals surface area contributed by atoms with Gasteiger partial charge in [-0.25, -0.2) is 0 Å². The highest BCUT2D eigenvalue weighted by Crippen LogP contribution is 2.29. The van der Waals surface area contributed by atoms with Crippen molar-refractivity contribution in [2.24, 2.45) is 0 Å². The summed E-state index contributed by atoms with van der Waals surface area (Å²) in [6.45, 7) is 0.442. The van der Waals surface area contributed by atoms with E-state index in [1.54, 1.807) is 16.9 Å². The molecule has 0 aliphatic rings. The van der Waals surface area contributed by atoms with E-state index in [2.05, 4.69) is 15.7 Å². The van der Waals surface area contributed by atoms with Gasteiger partial charge in [0, 0.05) is 17.3 Å². The molecular formula is C18H15Cl2N5O3S. The number of hydrogen-bond acceptors (Lipinski definition) is 5. The summed E-state index contributed by atoms with van der Waals surface area (Å²) in [6.07, 6.45) is 1.66. The van der Waals surface area contributed by atoms with Crippen molar-refractivity contribution in [2.75, 3.05) is 17.7 Å². The fourth-order valence-corrected chi connectivity index (χ4v) is 3.12. The molecule has 0 radical (unpaired) electrons. The van der Waals surface area contributed by atoms with Crippen LogP contribution in [0.5, 0.6) is 5.75 Å². The maximum Gasteiger partial charge on any atom is 0.273 e. The number of hydrogen-bond donors (Lipinski definition) is 2. The SMILES string of the molecule is COc1cc([N+](=O)[O-])ccc1NC(=S)Nc1nn(Cc2ccccc2Cl)cc1Cl. The first-order chi connectivity index (χ1) is 13.9. The third kappa shape index (κ3) is 5.14. The number of nitrogens with zero attached hydrogens (tertiary/aromatic N) is 3. The summed E-state index contributed by atoms with van der Waals surface area (Å²) in [5.74, 6) is 0.635. The lowest BCUT2D eigenvalue weighted by atomic mass is 10.2. The summed E-state index contributed by atoms with van der Waals surface area (Å²) >= 11 is 17.7. The van der Waals surface area contributed by atoms with Crippen LogP contribution in [-0.4, -0.2) is 26.9 Å². The zero-order chi connectivity index (χ0) is 21.0. The molecule has 0 unspecified atom stereocenters. The Morgan fingerprint density at radius 1 is 1.24 bits per heavy atom. The molecule has 0 bridgehead atoms. The first kappa shape index (κ1) is 20.8. The molecule has 0 spiro atoms. The molecule has 150 valence electrons. The molecule has 0 amide bonds. The molecule has 11 heteroatoms. The van der Waals surface area contributed by atoms with Crippen LogP contribution >= 0.6 is 35.4 Å². The highest BCUT2D eigenvalue weighted by molar-refractivity contribution is 7.80. The predicted octanol–water partition coefficient (Wildman–Crippen LogP) is 4.96. The molecule has 0 fully saturated rings. The van der Waals surface area contributed by atoms with Crippen LogP contribution in [0.3, 0.4) is 0 Å². The van der Waals surface area contributed by atoms with E-state index in [4.69, 9.17) is 40.2 Å². The van der Waals surface area contributed by atoms with Crippen molar-refractivity contribution in [2.45, 2.75) is 6.54 Å². The van der Waals surface area contributed by atoms with Crippen molar-refractivity contribution >= 4 is 57.7 Å². The smallest absolute Gasteiger partial charge is 0.273 e. The Balaban J connectivity index is 1.71. The maximum atomic E-state index is 10.9. The molecule has 0 aliphatic heterocycles. The van der Waals surface area contributed by atoms with Gasteiger partial charge in [0.25, 0.3) is 5.69 Å². The second kappa shape index (κ2) is 9.08. The molecule has 2 N–H and O–H groups in total. The van der Waals surface area contributed by atoms with E-state index in [-0.39, 0.29) is 16.5 Å². The van der Waals surface area contributed by atoms with Crippen molar-refractivity contribution in [3.63, 3.8) is 0 Å². The summed E-state index contributed by atoms with van der Waals surface area (Å²) in [6, 6.07) is 11.6. The average molecular weight is 452 g/mol. The molecule has 29 heavy (non-hydrogen) atoms. The number of methoxy groups -OCH3 is 1. The maximum absolute atomic E-state index is 10.9. The van der Waals surface area contributed by atoms with E-state index < -0.39 is 4.92 Å². The van der Waals surface area contributed by atoms with Gasteiger partial charge in [0.2, 0.25) is 0 Å². The molecule has 8 nitrogen and oxygen atoms in total. The van der Waals surface area contributed by atoms with Gasteiger partial charge in [-0.15, -0.1) is 0 Å². The average Bonchev–Trinajstić information content (AvgIpc) is 3.02. The number of thiocarbonyl (C=S) groups is 1. The first-order valence-electron chi connectivity index (χ1n) is 8.24. The van der Waals surface area contributed by atoms with Crippen molar-refractivity contribution < 1.29 is 9.66 Å². The van der Waals surface area contributed by atoms with Gasteiger partial charge in [0.1, 0.15) is 10.8 Å². The van der Waals surface area contributed by atoms with Gasteiger partial charge in [0.05, 0.1) is 30.3 Å². The van der Waals surface area contributed by atoms with E-state index in [9.17, 15) is 10.1 Å². The molecule has 3 rings (SSSR count). The van der Waals surface area contributed by atoms with E-state index >= 15 is 0 Å². The molecule has 0 saturated carbocycles. The number of benzene rings is 2. The van der Waals surface area contributed by atoms with Gasteiger partial charge < -0.3 is 15.4 Å². The van der Waals surface area contributed by atoms with Crippen LogP contribution in [0.1, 0.15) is 5.56 Å². The Morgan fingerprint density at radius 3 is 2.69 bits per heavy atom.